The predicted octanol–water partition coefficient (Wildman–Crippen LogP) is -3.99. The Morgan fingerprint density at radius 1 is 1.06 bits per heavy atom. The lowest BCUT2D eigenvalue weighted by Crippen LogP contribution is -2.58. The number of aliphatic hydroxyl groups is 1. The molecule has 0 saturated heterocycles. The van der Waals surface area contributed by atoms with Gasteiger partial charge in [-0.05, 0) is 6.42 Å². The van der Waals surface area contributed by atoms with Gasteiger partial charge in [-0.2, -0.15) is 12.6 Å². The minimum absolute atomic E-state index is 0.0195. The van der Waals surface area contributed by atoms with Crippen LogP contribution in [0.3, 0.4) is 0 Å². The second-order valence-electron chi connectivity index (χ2n) is 6.78. The van der Waals surface area contributed by atoms with E-state index in [4.69, 9.17) is 21.7 Å². The molecular formula is C17H27N7O7S. The van der Waals surface area contributed by atoms with Gasteiger partial charge < -0.3 is 42.6 Å². The molecule has 4 amide bonds. The Labute approximate surface area is 188 Å². The monoisotopic (exact) mass is 473 g/mol. The normalized spacial score (nSPS) is 14.5. The number of nitrogens with two attached hydrogens (primary N) is 2. The molecule has 0 saturated carbocycles. The van der Waals surface area contributed by atoms with Gasteiger partial charge in [-0.15, -0.1) is 0 Å². The lowest BCUT2D eigenvalue weighted by Gasteiger charge is -2.24. The summed E-state index contributed by atoms with van der Waals surface area (Å²) in [6.07, 6.45) is 2.23. The van der Waals surface area contributed by atoms with Crippen LogP contribution in [-0.4, -0.2) is 86.3 Å². The van der Waals surface area contributed by atoms with E-state index in [1.54, 1.807) is 0 Å². The highest BCUT2D eigenvalue weighted by Gasteiger charge is 2.30. The van der Waals surface area contributed by atoms with Gasteiger partial charge in [0.2, 0.25) is 23.6 Å². The molecule has 10 N–H and O–H groups in total. The quantitative estimate of drug-likeness (QED) is 0.119. The first kappa shape index (κ1) is 26.9. The van der Waals surface area contributed by atoms with Crippen molar-refractivity contribution in [2.24, 2.45) is 11.5 Å². The average Bonchev–Trinajstić information content (AvgIpc) is 3.26. The number of amides is 4. The van der Waals surface area contributed by atoms with Gasteiger partial charge in [0.1, 0.15) is 18.1 Å². The van der Waals surface area contributed by atoms with Gasteiger partial charge in [-0.1, -0.05) is 0 Å². The summed E-state index contributed by atoms with van der Waals surface area (Å²) in [7, 11) is 0. The highest BCUT2D eigenvalue weighted by atomic mass is 32.1. The second-order valence-corrected chi connectivity index (χ2v) is 7.14. The molecule has 0 aliphatic rings. The third-order valence-electron chi connectivity index (χ3n) is 4.25. The van der Waals surface area contributed by atoms with E-state index in [2.05, 4.69) is 38.5 Å². The molecule has 1 aromatic rings. The summed E-state index contributed by atoms with van der Waals surface area (Å²) < 4.78 is 0. The van der Waals surface area contributed by atoms with E-state index >= 15 is 0 Å². The van der Waals surface area contributed by atoms with Crippen LogP contribution in [0.4, 0.5) is 0 Å². The Balaban J connectivity index is 3.02. The molecule has 1 rings (SSSR count). The van der Waals surface area contributed by atoms with Crippen molar-refractivity contribution >= 4 is 42.2 Å². The molecule has 32 heavy (non-hydrogen) atoms. The van der Waals surface area contributed by atoms with Crippen molar-refractivity contribution in [1.29, 1.82) is 0 Å². The number of nitrogens with zero attached hydrogens (tertiary/aromatic N) is 1. The molecule has 0 aromatic carbocycles. The van der Waals surface area contributed by atoms with E-state index in [9.17, 15) is 24.0 Å². The third-order valence-corrected chi connectivity index (χ3v) is 4.65. The maximum Gasteiger partial charge on any atom is 0.328 e. The van der Waals surface area contributed by atoms with Crippen LogP contribution in [0, 0.1) is 0 Å². The summed E-state index contributed by atoms with van der Waals surface area (Å²) in [5, 5.41) is 25.0. The number of carboxylic acid groups (broad SMARTS) is 1. The number of thiol groups is 1. The zero-order chi connectivity index (χ0) is 24.3. The Morgan fingerprint density at radius 3 is 2.16 bits per heavy atom. The summed E-state index contributed by atoms with van der Waals surface area (Å²) in [6, 6.07) is -5.18. The number of imidazole rings is 1. The van der Waals surface area contributed by atoms with E-state index in [1.807, 2.05) is 0 Å². The Kier molecular flexibility index (Phi) is 11.2. The predicted molar refractivity (Wildman–Crippen MR) is 113 cm³/mol. The zero-order valence-corrected chi connectivity index (χ0v) is 17.9. The van der Waals surface area contributed by atoms with Gasteiger partial charge in [-0.25, -0.2) is 9.78 Å². The van der Waals surface area contributed by atoms with Gasteiger partial charge >= 0.3 is 5.97 Å². The SMILES string of the molecule is NC(=O)CCC(NC(=O)C(Cc1cnc[nH]1)NC(=O)C(N)CS)C(=O)NC(CO)C(=O)O. The van der Waals surface area contributed by atoms with Gasteiger partial charge in [0.15, 0.2) is 0 Å². The maximum absolute atomic E-state index is 12.9. The van der Waals surface area contributed by atoms with Crippen LogP contribution in [0.5, 0.6) is 0 Å². The Morgan fingerprint density at radius 2 is 1.66 bits per heavy atom. The number of carboxylic acids is 1. The number of aromatic nitrogens is 2. The van der Waals surface area contributed by atoms with Crippen molar-refractivity contribution in [2.75, 3.05) is 12.4 Å². The fourth-order valence-corrected chi connectivity index (χ4v) is 2.64. The van der Waals surface area contributed by atoms with E-state index < -0.39 is 60.4 Å². The summed E-state index contributed by atoms with van der Waals surface area (Å²) in [4.78, 5) is 66.4. The molecule has 0 fully saturated rings. The smallest absolute Gasteiger partial charge is 0.328 e. The van der Waals surface area contributed by atoms with Crippen molar-refractivity contribution in [1.82, 2.24) is 25.9 Å². The Bertz CT molecular complexity index is 805. The van der Waals surface area contributed by atoms with Crippen LogP contribution in [0.1, 0.15) is 18.5 Å². The minimum atomic E-state index is -1.62. The Hall–Kier alpha value is -3.17. The van der Waals surface area contributed by atoms with E-state index in [0.29, 0.717) is 5.69 Å². The van der Waals surface area contributed by atoms with Crippen LogP contribution in [-0.2, 0) is 30.4 Å². The molecule has 4 unspecified atom stereocenters. The molecule has 0 spiro atoms. The van der Waals surface area contributed by atoms with Gasteiger partial charge in [-0.3, -0.25) is 19.2 Å². The number of carbonyl (C=O) groups is 5. The van der Waals surface area contributed by atoms with Crippen molar-refractivity contribution in [3.05, 3.63) is 18.2 Å². The fraction of sp³-hybridized carbons (Fsp3) is 0.529. The summed E-state index contributed by atoms with van der Waals surface area (Å²) in [6.45, 7) is -0.891. The molecule has 0 aliphatic heterocycles. The lowest BCUT2D eigenvalue weighted by atomic mass is 10.1. The number of hydrogen-bond donors (Lipinski definition) is 9. The van der Waals surface area contributed by atoms with E-state index in [-0.39, 0.29) is 25.0 Å². The summed E-state index contributed by atoms with van der Waals surface area (Å²) in [5.41, 5.74) is 11.2. The highest BCUT2D eigenvalue weighted by Crippen LogP contribution is 2.04. The first-order valence-corrected chi connectivity index (χ1v) is 10.1. The molecule has 1 heterocycles. The number of H-pyrrole nitrogens is 1. The topological polar surface area (TPSA) is 243 Å². The van der Waals surface area contributed by atoms with Gasteiger partial charge in [0.05, 0.1) is 19.0 Å². The van der Waals surface area contributed by atoms with Crippen molar-refractivity contribution in [3.8, 4) is 0 Å². The van der Waals surface area contributed by atoms with Crippen molar-refractivity contribution < 1.29 is 34.2 Å². The first-order chi connectivity index (χ1) is 15.1. The van der Waals surface area contributed by atoms with Crippen LogP contribution in [0.25, 0.3) is 0 Å². The number of rotatable bonds is 14. The highest BCUT2D eigenvalue weighted by molar-refractivity contribution is 7.80. The van der Waals surface area contributed by atoms with Crippen molar-refractivity contribution in [2.45, 2.75) is 43.4 Å². The largest absolute Gasteiger partial charge is 0.480 e. The van der Waals surface area contributed by atoms with Gasteiger partial charge in [0.25, 0.3) is 0 Å². The third kappa shape index (κ3) is 8.91. The number of aromatic amines is 1. The van der Waals surface area contributed by atoms with Crippen molar-refractivity contribution in [3.63, 3.8) is 0 Å². The molecular weight excluding hydrogens is 446 g/mol. The molecule has 0 bridgehead atoms. The second kappa shape index (κ2) is 13.3. The lowest BCUT2D eigenvalue weighted by molar-refractivity contribution is -0.143. The van der Waals surface area contributed by atoms with Crippen LogP contribution in [0.15, 0.2) is 12.5 Å². The van der Waals surface area contributed by atoms with Crippen LogP contribution < -0.4 is 27.4 Å². The fourth-order valence-electron chi connectivity index (χ4n) is 2.47. The first-order valence-electron chi connectivity index (χ1n) is 9.45. The molecule has 178 valence electrons. The van der Waals surface area contributed by atoms with Crippen LogP contribution >= 0.6 is 12.6 Å². The van der Waals surface area contributed by atoms with E-state index in [1.165, 1.54) is 12.5 Å². The molecule has 0 radical (unpaired) electrons. The molecule has 4 atom stereocenters. The number of hydrogen-bond acceptors (Lipinski definition) is 9. The molecule has 14 nitrogen and oxygen atoms in total. The van der Waals surface area contributed by atoms with Crippen LogP contribution in [0.2, 0.25) is 0 Å². The number of aliphatic hydroxyl groups excluding tert-OH is 1. The molecule has 1 aromatic heterocycles. The zero-order valence-electron chi connectivity index (χ0n) is 17.0. The maximum atomic E-state index is 12.9. The summed E-state index contributed by atoms with van der Waals surface area (Å²) in [5.74, 6) is -4.66. The standard InChI is InChI=1S/C17H27N7O7S/c18-9(6-32)14(27)23-11(3-8-4-20-7-21-8)16(29)22-10(1-2-13(19)26)15(28)24-12(5-25)17(30)31/h4,7,9-12,25,32H,1-3,5-6,18H2,(H2,19,26)(H,20,21)(H,22,29)(H,23,27)(H,24,28)(H,30,31). The number of aliphatic carboxylic acids is 1. The number of nitrogens with one attached hydrogen (secondary N) is 4. The minimum Gasteiger partial charge on any atom is -0.480 e. The molecule has 0 aliphatic carbocycles. The number of carbonyl (C=O) groups excluding carboxylic acids is 4. The molecule has 15 heteroatoms. The summed E-state index contributed by atoms with van der Waals surface area (Å²) >= 11 is 3.94. The van der Waals surface area contributed by atoms with E-state index in [0.717, 1.165) is 0 Å². The number of primary amides is 1. The average molecular weight is 474 g/mol. The van der Waals surface area contributed by atoms with Gasteiger partial charge in [0, 0.05) is 30.5 Å².